The molecule has 0 aliphatic carbocycles. The van der Waals surface area contributed by atoms with Crippen LogP contribution in [0.25, 0.3) is 0 Å². The van der Waals surface area contributed by atoms with E-state index in [1.165, 1.54) is 12.1 Å². The van der Waals surface area contributed by atoms with E-state index < -0.39 is 5.82 Å². The summed E-state index contributed by atoms with van der Waals surface area (Å²) in [5.41, 5.74) is 6.69. The lowest BCUT2D eigenvalue weighted by molar-refractivity contribution is 0.255. The highest BCUT2D eigenvalue weighted by Gasteiger charge is 2.24. The maximum Gasteiger partial charge on any atom is 0.165 e. The average molecular weight is 229 g/mol. The molecule has 1 heterocycles. The zero-order chi connectivity index (χ0) is 10.1. The molecule has 0 unspecified atom stereocenters. The van der Waals surface area contributed by atoms with E-state index in [0.29, 0.717) is 24.2 Å². The Balaban J connectivity index is 0.00000112. The first-order valence-corrected chi connectivity index (χ1v) is 4.35. The van der Waals surface area contributed by atoms with Gasteiger partial charge in [-0.05, 0) is 12.1 Å². The van der Waals surface area contributed by atoms with Crippen molar-refractivity contribution in [1.29, 1.82) is 5.26 Å². The molecule has 0 fully saturated rings. The van der Waals surface area contributed by atoms with Gasteiger partial charge in [0.25, 0.3) is 0 Å². The van der Waals surface area contributed by atoms with Crippen molar-refractivity contribution in [2.75, 3.05) is 6.61 Å². The number of nitrogens with zero attached hydrogens (tertiary/aromatic N) is 1. The summed E-state index contributed by atoms with van der Waals surface area (Å²) >= 11 is 0. The summed E-state index contributed by atoms with van der Waals surface area (Å²) in [5, 5.41) is 8.82. The lowest BCUT2D eigenvalue weighted by Crippen LogP contribution is -2.22. The number of fused-ring (bicyclic) bond motifs is 1. The van der Waals surface area contributed by atoms with Crippen LogP contribution in [0, 0.1) is 17.1 Å². The van der Waals surface area contributed by atoms with Gasteiger partial charge in [-0.3, -0.25) is 0 Å². The molecule has 80 valence electrons. The van der Waals surface area contributed by atoms with Crippen molar-refractivity contribution < 1.29 is 9.13 Å². The molecule has 1 aromatic carbocycles. The molecular weight excluding hydrogens is 219 g/mol. The van der Waals surface area contributed by atoms with Crippen molar-refractivity contribution in [3.8, 4) is 11.8 Å². The van der Waals surface area contributed by atoms with E-state index >= 15 is 0 Å². The highest BCUT2D eigenvalue weighted by Crippen LogP contribution is 2.35. The second kappa shape index (κ2) is 4.47. The van der Waals surface area contributed by atoms with Crippen LogP contribution in [0.2, 0.25) is 0 Å². The Morgan fingerprint density at radius 1 is 1.53 bits per heavy atom. The highest BCUT2D eigenvalue weighted by atomic mass is 35.5. The summed E-state index contributed by atoms with van der Waals surface area (Å²) in [6.07, 6.45) is 0.616. The molecule has 1 atom stereocenters. The first-order chi connectivity index (χ1) is 6.74. The van der Waals surface area contributed by atoms with Crippen LogP contribution in [-0.4, -0.2) is 6.61 Å². The summed E-state index contributed by atoms with van der Waals surface area (Å²) in [5.74, 6) is -0.308. The second-order valence-electron chi connectivity index (χ2n) is 3.19. The van der Waals surface area contributed by atoms with Crippen molar-refractivity contribution >= 4 is 12.4 Å². The number of hydrogen-bond donors (Lipinski definition) is 1. The topological polar surface area (TPSA) is 59.0 Å². The Morgan fingerprint density at radius 2 is 2.27 bits per heavy atom. The van der Waals surface area contributed by atoms with Gasteiger partial charge in [0.2, 0.25) is 0 Å². The zero-order valence-electron chi connectivity index (χ0n) is 7.87. The molecule has 0 spiro atoms. The van der Waals surface area contributed by atoms with E-state index in [1.807, 2.05) is 6.07 Å². The van der Waals surface area contributed by atoms with Crippen molar-refractivity contribution in [1.82, 2.24) is 0 Å². The molecule has 0 amide bonds. The van der Waals surface area contributed by atoms with E-state index in [-0.39, 0.29) is 24.2 Å². The van der Waals surface area contributed by atoms with E-state index in [2.05, 4.69) is 0 Å². The number of rotatable bonds is 0. The molecule has 1 aliphatic rings. The van der Waals surface area contributed by atoms with Crippen LogP contribution in [0.15, 0.2) is 12.1 Å². The predicted molar refractivity (Wildman–Crippen MR) is 55.4 cm³/mol. The molecule has 2 N–H and O–H groups in total. The molecule has 1 aliphatic heterocycles. The smallest absolute Gasteiger partial charge is 0.165 e. The standard InChI is InChI=1S/C10H9FN2O.ClH/c11-7-2-1-6(5-12)9-8(13)3-4-14-10(7)9;/h1-2,8H,3-4,13H2;1H/t8-;/m0./s1. The summed E-state index contributed by atoms with van der Waals surface area (Å²) in [7, 11) is 0. The van der Waals surface area contributed by atoms with Gasteiger partial charge in [0, 0.05) is 18.0 Å². The predicted octanol–water partition coefficient (Wildman–Crippen LogP) is 1.90. The molecule has 0 saturated heterocycles. The highest BCUT2D eigenvalue weighted by molar-refractivity contribution is 5.85. The van der Waals surface area contributed by atoms with Gasteiger partial charge in [-0.15, -0.1) is 12.4 Å². The van der Waals surface area contributed by atoms with E-state index in [0.717, 1.165) is 0 Å². The zero-order valence-corrected chi connectivity index (χ0v) is 8.68. The van der Waals surface area contributed by atoms with Crippen LogP contribution in [0.3, 0.4) is 0 Å². The lowest BCUT2D eigenvalue weighted by atomic mass is 9.96. The molecule has 3 nitrogen and oxygen atoms in total. The largest absolute Gasteiger partial charge is 0.490 e. The minimum atomic E-state index is -0.450. The summed E-state index contributed by atoms with van der Waals surface area (Å²) in [6, 6.07) is 4.35. The molecule has 0 radical (unpaired) electrons. The van der Waals surface area contributed by atoms with Crippen LogP contribution in [0.5, 0.6) is 5.75 Å². The Kier molecular flexibility index (Phi) is 3.51. The van der Waals surface area contributed by atoms with E-state index in [9.17, 15) is 4.39 Å². The normalized spacial score (nSPS) is 18.1. The molecule has 15 heavy (non-hydrogen) atoms. The van der Waals surface area contributed by atoms with Crippen LogP contribution in [-0.2, 0) is 0 Å². The lowest BCUT2D eigenvalue weighted by Gasteiger charge is -2.23. The van der Waals surface area contributed by atoms with Crippen molar-refractivity contribution in [2.45, 2.75) is 12.5 Å². The third kappa shape index (κ3) is 1.89. The first kappa shape index (κ1) is 11.8. The Labute approximate surface area is 93.0 Å². The molecule has 1 aromatic rings. The maximum atomic E-state index is 13.3. The fourth-order valence-electron chi connectivity index (χ4n) is 1.62. The number of nitrogens with two attached hydrogens (primary N) is 1. The number of halogens is 2. The quantitative estimate of drug-likeness (QED) is 0.738. The molecular formula is C10H10ClFN2O. The Bertz CT molecular complexity index is 417. The van der Waals surface area contributed by atoms with Crippen LogP contribution in [0.1, 0.15) is 23.6 Å². The average Bonchev–Trinajstić information content (AvgIpc) is 2.20. The molecule has 0 bridgehead atoms. The van der Waals surface area contributed by atoms with Gasteiger partial charge in [0.1, 0.15) is 0 Å². The van der Waals surface area contributed by atoms with Crippen molar-refractivity contribution in [3.63, 3.8) is 0 Å². The Hall–Kier alpha value is -1.31. The van der Waals surface area contributed by atoms with Crippen LogP contribution >= 0.6 is 12.4 Å². The van der Waals surface area contributed by atoms with Crippen molar-refractivity contribution in [2.24, 2.45) is 5.73 Å². The number of nitriles is 1. The van der Waals surface area contributed by atoms with Gasteiger partial charge in [0.05, 0.1) is 18.2 Å². The van der Waals surface area contributed by atoms with Gasteiger partial charge in [-0.25, -0.2) is 4.39 Å². The van der Waals surface area contributed by atoms with Gasteiger partial charge < -0.3 is 10.5 Å². The minimum absolute atomic E-state index is 0. The summed E-state index contributed by atoms with van der Waals surface area (Å²) in [6.45, 7) is 0.403. The monoisotopic (exact) mass is 228 g/mol. The van der Waals surface area contributed by atoms with Gasteiger partial charge >= 0.3 is 0 Å². The number of ether oxygens (including phenoxy) is 1. The minimum Gasteiger partial charge on any atom is -0.490 e. The summed E-state index contributed by atoms with van der Waals surface area (Å²) in [4.78, 5) is 0. The SMILES string of the molecule is Cl.N#Cc1ccc(F)c2c1[C@@H](N)CCO2. The van der Waals surface area contributed by atoms with E-state index in [1.54, 1.807) is 0 Å². The molecule has 0 saturated carbocycles. The van der Waals surface area contributed by atoms with Gasteiger partial charge in [-0.1, -0.05) is 0 Å². The third-order valence-corrected chi connectivity index (χ3v) is 2.31. The fourth-order valence-corrected chi connectivity index (χ4v) is 1.62. The second-order valence-corrected chi connectivity index (χ2v) is 3.19. The molecule has 0 aromatic heterocycles. The Morgan fingerprint density at radius 3 is 2.93 bits per heavy atom. The fraction of sp³-hybridized carbons (Fsp3) is 0.300. The number of benzene rings is 1. The number of hydrogen-bond acceptors (Lipinski definition) is 3. The van der Waals surface area contributed by atoms with Crippen LogP contribution in [0.4, 0.5) is 4.39 Å². The summed E-state index contributed by atoms with van der Waals surface area (Å²) < 4.78 is 18.4. The van der Waals surface area contributed by atoms with Gasteiger partial charge in [-0.2, -0.15) is 5.26 Å². The molecule has 5 heteroatoms. The third-order valence-electron chi connectivity index (χ3n) is 2.31. The van der Waals surface area contributed by atoms with Crippen LogP contribution < -0.4 is 10.5 Å². The van der Waals surface area contributed by atoms with Gasteiger partial charge in [0.15, 0.2) is 11.6 Å². The molecule has 2 rings (SSSR count). The maximum absolute atomic E-state index is 13.3. The first-order valence-electron chi connectivity index (χ1n) is 4.35. The van der Waals surface area contributed by atoms with Crippen molar-refractivity contribution in [3.05, 3.63) is 29.1 Å². The van der Waals surface area contributed by atoms with E-state index in [4.69, 9.17) is 15.7 Å².